The highest BCUT2D eigenvalue weighted by Crippen LogP contribution is 2.28. The van der Waals surface area contributed by atoms with Crippen molar-refractivity contribution in [3.63, 3.8) is 0 Å². The Balaban J connectivity index is 2.47. The third-order valence-corrected chi connectivity index (χ3v) is 2.82. The van der Waals surface area contributed by atoms with Gasteiger partial charge in [-0.2, -0.15) is 5.10 Å². The largest absolute Gasteiger partial charge is 0.493 e. The molecule has 0 aliphatic carbocycles. The number of ether oxygens (including phenoxy) is 1. The third-order valence-electron chi connectivity index (χ3n) is 2.82. The van der Waals surface area contributed by atoms with E-state index in [0.717, 1.165) is 17.8 Å². The summed E-state index contributed by atoms with van der Waals surface area (Å²) in [6, 6.07) is 3.64. The molecule has 2 aromatic heterocycles. The predicted molar refractivity (Wildman–Crippen MR) is 67.9 cm³/mol. The fraction of sp³-hybridized carbons (Fsp3) is 0.333. The molecular formula is C12H17N5O. The topological polar surface area (TPSA) is 78.0 Å². The van der Waals surface area contributed by atoms with Gasteiger partial charge < -0.3 is 4.74 Å². The number of methoxy groups -OCH3 is 1. The normalized spacial score (nSPS) is 12.4. The minimum atomic E-state index is -0.198. The summed E-state index contributed by atoms with van der Waals surface area (Å²) in [4.78, 5) is 4.11. The van der Waals surface area contributed by atoms with Crippen molar-refractivity contribution in [1.82, 2.24) is 20.2 Å². The monoisotopic (exact) mass is 247 g/mol. The Bertz CT molecular complexity index is 475. The van der Waals surface area contributed by atoms with Crippen LogP contribution in [0.15, 0.2) is 30.7 Å². The summed E-state index contributed by atoms with van der Waals surface area (Å²) in [5.41, 5.74) is 4.65. The third kappa shape index (κ3) is 2.20. The van der Waals surface area contributed by atoms with E-state index in [1.165, 1.54) is 0 Å². The van der Waals surface area contributed by atoms with Gasteiger partial charge in [-0.25, -0.2) is 5.43 Å². The Labute approximate surface area is 106 Å². The maximum absolute atomic E-state index is 5.67. The summed E-state index contributed by atoms with van der Waals surface area (Å²) in [5, 5.41) is 4.28. The van der Waals surface area contributed by atoms with E-state index in [2.05, 4.69) is 15.5 Å². The Kier molecular flexibility index (Phi) is 3.91. The minimum Gasteiger partial charge on any atom is -0.493 e. The molecule has 6 heteroatoms. The first-order valence-corrected chi connectivity index (χ1v) is 5.77. The van der Waals surface area contributed by atoms with E-state index < -0.39 is 0 Å². The second-order valence-electron chi connectivity index (χ2n) is 3.80. The fourth-order valence-electron chi connectivity index (χ4n) is 1.96. The number of hydrogen-bond acceptors (Lipinski definition) is 5. The van der Waals surface area contributed by atoms with E-state index in [1.807, 2.05) is 23.7 Å². The number of nitrogens with zero attached hydrogens (tertiary/aromatic N) is 3. The zero-order valence-corrected chi connectivity index (χ0v) is 10.5. The van der Waals surface area contributed by atoms with E-state index in [4.69, 9.17) is 10.6 Å². The molecule has 1 atom stereocenters. The van der Waals surface area contributed by atoms with Crippen molar-refractivity contribution in [2.45, 2.75) is 19.5 Å². The molecule has 0 aliphatic rings. The van der Waals surface area contributed by atoms with E-state index in [0.29, 0.717) is 5.75 Å². The van der Waals surface area contributed by atoms with Gasteiger partial charge in [0.15, 0.2) is 5.75 Å². The van der Waals surface area contributed by atoms with Crippen LogP contribution in [0.5, 0.6) is 5.75 Å². The SMILES string of the molecule is CCn1ncc(OC)c1C(NN)c1cccnc1. The average Bonchev–Trinajstić information content (AvgIpc) is 2.84. The van der Waals surface area contributed by atoms with Crippen LogP contribution in [0, 0.1) is 0 Å². The van der Waals surface area contributed by atoms with E-state index >= 15 is 0 Å². The van der Waals surface area contributed by atoms with Gasteiger partial charge in [-0.1, -0.05) is 6.07 Å². The van der Waals surface area contributed by atoms with Crippen molar-refractivity contribution < 1.29 is 4.74 Å². The summed E-state index contributed by atoms with van der Waals surface area (Å²) >= 11 is 0. The molecule has 0 bridgehead atoms. The first-order chi connectivity index (χ1) is 8.81. The number of pyridine rings is 1. The van der Waals surface area contributed by atoms with Crippen LogP contribution in [0.25, 0.3) is 0 Å². The highest BCUT2D eigenvalue weighted by Gasteiger charge is 2.22. The number of hydrogen-bond donors (Lipinski definition) is 2. The molecule has 0 saturated heterocycles. The van der Waals surface area contributed by atoms with Crippen LogP contribution < -0.4 is 16.0 Å². The highest BCUT2D eigenvalue weighted by molar-refractivity contribution is 5.35. The van der Waals surface area contributed by atoms with Crippen LogP contribution in [-0.4, -0.2) is 21.9 Å². The van der Waals surface area contributed by atoms with Crippen LogP contribution in [0.2, 0.25) is 0 Å². The maximum atomic E-state index is 5.67. The van der Waals surface area contributed by atoms with Gasteiger partial charge in [-0.3, -0.25) is 15.5 Å². The van der Waals surface area contributed by atoms with Gasteiger partial charge in [0.05, 0.1) is 19.3 Å². The van der Waals surface area contributed by atoms with Crippen molar-refractivity contribution in [1.29, 1.82) is 0 Å². The number of aromatic nitrogens is 3. The van der Waals surface area contributed by atoms with Gasteiger partial charge in [-0.05, 0) is 18.6 Å². The number of hydrazine groups is 1. The molecule has 2 rings (SSSR count). The smallest absolute Gasteiger partial charge is 0.161 e. The Morgan fingerprint density at radius 2 is 2.33 bits per heavy atom. The van der Waals surface area contributed by atoms with Crippen LogP contribution in [-0.2, 0) is 6.54 Å². The Morgan fingerprint density at radius 3 is 2.89 bits per heavy atom. The van der Waals surface area contributed by atoms with Crippen molar-refractivity contribution in [2.75, 3.05) is 7.11 Å². The maximum Gasteiger partial charge on any atom is 0.161 e. The molecule has 0 spiro atoms. The van der Waals surface area contributed by atoms with Crippen LogP contribution in [0.3, 0.4) is 0 Å². The van der Waals surface area contributed by atoms with E-state index in [9.17, 15) is 0 Å². The lowest BCUT2D eigenvalue weighted by Gasteiger charge is -2.18. The summed E-state index contributed by atoms with van der Waals surface area (Å²) in [5.74, 6) is 6.38. The molecule has 6 nitrogen and oxygen atoms in total. The van der Waals surface area contributed by atoms with Crippen molar-refractivity contribution in [3.8, 4) is 5.75 Å². The predicted octanol–water partition coefficient (Wildman–Crippen LogP) is 0.859. The molecule has 0 aromatic carbocycles. The second kappa shape index (κ2) is 5.61. The highest BCUT2D eigenvalue weighted by atomic mass is 16.5. The summed E-state index contributed by atoms with van der Waals surface area (Å²) < 4.78 is 7.19. The number of aryl methyl sites for hydroxylation is 1. The van der Waals surface area contributed by atoms with Crippen LogP contribution in [0.4, 0.5) is 0 Å². The summed E-state index contributed by atoms with van der Waals surface area (Å²) in [6.45, 7) is 2.77. The van der Waals surface area contributed by atoms with Crippen LogP contribution in [0.1, 0.15) is 24.2 Å². The lowest BCUT2D eigenvalue weighted by molar-refractivity contribution is 0.399. The van der Waals surface area contributed by atoms with Gasteiger partial charge in [-0.15, -0.1) is 0 Å². The zero-order valence-electron chi connectivity index (χ0n) is 10.5. The van der Waals surface area contributed by atoms with Crippen molar-refractivity contribution in [2.24, 2.45) is 5.84 Å². The first kappa shape index (κ1) is 12.5. The molecule has 2 heterocycles. The van der Waals surface area contributed by atoms with E-state index in [-0.39, 0.29) is 6.04 Å². The zero-order chi connectivity index (χ0) is 13.0. The van der Waals surface area contributed by atoms with E-state index in [1.54, 1.807) is 25.7 Å². The molecule has 3 N–H and O–H groups in total. The number of nitrogens with one attached hydrogen (secondary N) is 1. The standard InChI is InChI=1S/C12H17N5O/c1-3-17-12(10(18-2)8-15-17)11(16-13)9-5-4-6-14-7-9/h4-8,11,16H,3,13H2,1-2H3. The van der Waals surface area contributed by atoms with Crippen molar-refractivity contribution in [3.05, 3.63) is 42.0 Å². The van der Waals surface area contributed by atoms with Gasteiger partial charge in [0, 0.05) is 18.9 Å². The molecule has 0 aliphatic heterocycles. The molecule has 0 amide bonds. The van der Waals surface area contributed by atoms with Gasteiger partial charge in [0.2, 0.25) is 0 Å². The van der Waals surface area contributed by atoms with Gasteiger partial charge in [0.1, 0.15) is 5.69 Å². The molecule has 96 valence electrons. The number of nitrogens with two attached hydrogens (primary N) is 1. The molecule has 18 heavy (non-hydrogen) atoms. The van der Waals surface area contributed by atoms with Crippen molar-refractivity contribution >= 4 is 0 Å². The van der Waals surface area contributed by atoms with Crippen LogP contribution >= 0.6 is 0 Å². The minimum absolute atomic E-state index is 0.198. The molecule has 1 unspecified atom stereocenters. The average molecular weight is 247 g/mol. The molecule has 0 fully saturated rings. The lowest BCUT2D eigenvalue weighted by atomic mass is 10.1. The second-order valence-corrected chi connectivity index (χ2v) is 3.80. The Morgan fingerprint density at radius 1 is 1.50 bits per heavy atom. The molecule has 2 aromatic rings. The quantitative estimate of drug-likeness (QED) is 0.605. The van der Waals surface area contributed by atoms with Gasteiger partial charge >= 0.3 is 0 Å². The fourth-order valence-corrected chi connectivity index (χ4v) is 1.96. The Hall–Kier alpha value is -1.92. The first-order valence-electron chi connectivity index (χ1n) is 5.77. The summed E-state index contributed by atoms with van der Waals surface area (Å²) in [7, 11) is 1.62. The summed E-state index contributed by atoms with van der Waals surface area (Å²) in [6.07, 6.45) is 5.20. The molecule has 0 radical (unpaired) electrons. The van der Waals surface area contributed by atoms with Gasteiger partial charge in [0.25, 0.3) is 0 Å². The molecular weight excluding hydrogens is 230 g/mol. The lowest BCUT2D eigenvalue weighted by Crippen LogP contribution is -2.31. The number of rotatable bonds is 5. The molecule has 0 saturated carbocycles.